The molecular weight excluding hydrogens is 282 g/mol. The number of nitrogens with one attached hydrogen (secondary N) is 1. The van der Waals surface area contributed by atoms with Gasteiger partial charge >= 0.3 is 12.1 Å². The van der Waals surface area contributed by atoms with Crippen molar-refractivity contribution >= 4 is 12.1 Å². The van der Waals surface area contributed by atoms with E-state index in [1.54, 1.807) is 12.2 Å². The van der Waals surface area contributed by atoms with E-state index >= 15 is 0 Å². The second-order valence-corrected chi connectivity index (χ2v) is 7.02. The van der Waals surface area contributed by atoms with Crippen molar-refractivity contribution in [3.8, 4) is 0 Å². The summed E-state index contributed by atoms with van der Waals surface area (Å²) in [6.45, 7) is 5.47. The zero-order chi connectivity index (χ0) is 16.6. The van der Waals surface area contributed by atoms with Gasteiger partial charge in [0.2, 0.25) is 0 Å². The fourth-order valence-corrected chi connectivity index (χ4v) is 2.76. The Hall–Kier alpha value is -1.52. The molecular formula is C17H29NO4. The average Bonchev–Trinajstić information content (AvgIpc) is 2.36. The Labute approximate surface area is 133 Å². The van der Waals surface area contributed by atoms with Gasteiger partial charge in [-0.3, -0.25) is 4.79 Å². The molecule has 0 spiro atoms. The van der Waals surface area contributed by atoms with Crippen molar-refractivity contribution in [1.82, 2.24) is 5.32 Å². The normalized spacial score (nSPS) is 18.1. The van der Waals surface area contributed by atoms with Crippen molar-refractivity contribution in [3.05, 3.63) is 12.2 Å². The Morgan fingerprint density at radius 3 is 2.45 bits per heavy atom. The van der Waals surface area contributed by atoms with Gasteiger partial charge in [-0.15, -0.1) is 0 Å². The quantitative estimate of drug-likeness (QED) is 0.730. The van der Waals surface area contributed by atoms with Crippen LogP contribution in [0, 0.1) is 5.92 Å². The van der Waals surface area contributed by atoms with E-state index in [-0.39, 0.29) is 12.5 Å². The zero-order valence-corrected chi connectivity index (χ0v) is 13.9. The molecule has 0 aromatic rings. The Bertz CT molecular complexity index is 392. The van der Waals surface area contributed by atoms with E-state index in [4.69, 9.17) is 9.84 Å². The molecule has 0 radical (unpaired) electrons. The van der Waals surface area contributed by atoms with Crippen LogP contribution in [0.4, 0.5) is 4.79 Å². The number of hydrogen-bond acceptors (Lipinski definition) is 3. The minimum absolute atomic E-state index is 0.0306. The number of carbonyl (C=O) groups excluding carboxylic acids is 1. The van der Waals surface area contributed by atoms with Crippen LogP contribution in [0.3, 0.4) is 0 Å². The fraction of sp³-hybridized carbons (Fsp3) is 0.765. The Morgan fingerprint density at radius 2 is 1.91 bits per heavy atom. The molecule has 2 N–H and O–H groups in total. The van der Waals surface area contributed by atoms with Gasteiger partial charge in [-0.1, -0.05) is 44.3 Å². The predicted octanol–water partition coefficient (Wildman–Crippen LogP) is 3.88. The number of ether oxygens (including phenoxy) is 1. The van der Waals surface area contributed by atoms with Crippen LogP contribution in [0.1, 0.15) is 65.7 Å². The summed E-state index contributed by atoms with van der Waals surface area (Å²) in [5, 5.41) is 11.6. The maximum absolute atomic E-state index is 11.9. The number of hydrogen-bond donors (Lipinski definition) is 2. The van der Waals surface area contributed by atoms with Crippen molar-refractivity contribution in [2.45, 2.75) is 77.4 Å². The first-order valence-corrected chi connectivity index (χ1v) is 8.14. The van der Waals surface area contributed by atoms with Crippen LogP contribution in [0.25, 0.3) is 0 Å². The van der Waals surface area contributed by atoms with Crippen LogP contribution in [-0.2, 0) is 9.53 Å². The first-order chi connectivity index (χ1) is 10.3. The fourth-order valence-electron chi connectivity index (χ4n) is 2.76. The molecule has 1 aliphatic rings. The molecule has 1 fully saturated rings. The third-order valence-electron chi connectivity index (χ3n) is 3.68. The van der Waals surface area contributed by atoms with Crippen LogP contribution in [0.2, 0.25) is 0 Å². The SMILES string of the molecule is CC(C)(C)OC(=O)N[C@H](/C=C/CC(=O)O)CC1CCCCC1. The van der Waals surface area contributed by atoms with Gasteiger partial charge < -0.3 is 15.2 Å². The van der Waals surface area contributed by atoms with Crippen molar-refractivity contribution in [2.24, 2.45) is 5.92 Å². The van der Waals surface area contributed by atoms with Gasteiger partial charge in [-0.2, -0.15) is 0 Å². The average molecular weight is 311 g/mol. The molecule has 22 heavy (non-hydrogen) atoms. The van der Waals surface area contributed by atoms with E-state index < -0.39 is 17.7 Å². The second kappa shape index (κ2) is 8.81. The third kappa shape index (κ3) is 8.70. The Balaban J connectivity index is 2.57. The van der Waals surface area contributed by atoms with Gasteiger partial charge in [-0.05, 0) is 33.1 Å². The molecule has 0 aromatic heterocycles. The molecule has 0 aliphatic heterocycles. The number of carbonyl (C=O) groups is 2. The van der Waals surface area contributed by atoms with Gasteiger partial charge in [0.1, 0.15) is 5.60 Å². The van der Waals surface area contributed by atoms with Crippen LogP contribution >= 0.6 is 0 Å². The number of alkyl carbamates (subject to hydrolysis) is 1. The lowest BCUT2D eigenvalue weighted by molar-refractivity contribution is -0.136. The van der Waals surface area contributed by atoms with Crippen LogP contribution in [-0.4, -0.2) is 28.8 Å². The Kier molecular flexibility index (Phi) is 7.42. The molecule has 1 amide bonds. The van der Waals surface area contributed by atoms with E-state index in [0.29, 0.717) is 5.92 Å². The van der Waals surface area contributed by atoms with E-state index in [0.717, 1.165) is 6.42 Å². The molecule has 5 heteroatoms. The number of amides is 1. The van der Waals surface area contributed by atoms with Gasteiger partial charge in [0.25, 0.3) is 0 Å². The standard InChI is InChI=1S/C17H29NO4/c1-17(2,3)22-16(21)18-14(10-7-11-15(19)20)12-13-8-5-4-6-9-13/h7,10,13-14H,4-6,8-9,11-12H2,1-3H3,(H,18,21)(H,19,20)/b10-7+/t14-/m1/s1. The maximum Gasteiger partial charge on any atom is 0.408 e. The van der Waals surface area contributed by atoms with Crippen LogP contribution in [0.5, 0.6) is 0 Å². The van der Waals surface area contributed by atoms with Gasteiger partial charge in [0.05, 0.1) is 12.5 Å². The molecule has 1 rings (SSSR count). The highest BCUT2D eigenvalue weighted by Gasteiger charge is 2.22. The van der Waals surface area contributed by atoms with Crippen LogP contribution in [0.15, 0.2) is 12.2 Å². The molecule has 5 nitrogen and oxygen atoms in total. The van der Waals surface area contributed by atoms with Crippen molar-refractivity contribution in [1.29, 1.82) is 0 Å². The molecule has 0 bridgehead atoms. The van der Waals surface area contributed by atoms with E-state index in [9.17, 15) is 9.59 Å². The summed E-state index contributed by atoms with van der Waals surface area (Å²) in [4.78, 5) is 22.5. The second-order valence-electron chi connectivity index (χ2n) is 7.02. The van der Waals surface area contributed by atoms with E-state index in [1.165, 1.54) is 32.1 Å². The highest BCUT2D eigenvalue weighted by molar-refractivity contribution is 5.69. The summed E-state index contributed by atoms with van der Waals surface area (Å²) in [5.41, 5.74) is -0.537. The summed E-state index contributed by atoms with van der Waals surface area (Å²) in [7, 11) is 0. The molecule has 1 saturated carbocycles. The first-order valence-electron chi connectivity index (χ1n) is 8.14. The predicted molar refractivity (Wildman–Crippen MR) is 85.7 cm³/mol. The smallest absolute Gasteiger partial charge is 0.408 e. The van der Waals surface area contributed by atoms with Gasteiger partial charge in [-0.25, -0.2) is 4.79 Å². The lowest BCUT2D eigenvalue weighted by Gasteiger charge is -2.27. The molecule has 0 saturated heterocycles. The number of rotatable bonds is 6. The van der Waals surface area contributed by atoms with Gasteiger partial charge in [0.15, 0.2) is 0 Å². The monoisotopic (exact) mass is 311 g/mol. The molecule has 1 atom stereocenters. The molecule has 1 aliphatic carbocycles. The number of carboxylic acid groups (broad SMARTS) is 1. The summed E-state index contributed by atoms with van der Waals surface area (Å²) in [5.74, 6) is -0.284. The molecule has 126 valence electrons. The minimum atomic E-state index is -0.870. The highest BCUT2D eigenvalue weighted by Crippen LogP contribution is 2.27. The van der Waals surface area contributed by atoms with E-state index in [1.807, 2.05) is 20.8 Å². The summed E-state index contributed by atoms with van der Waals surface area (Å²) < 4.78 is 5.28. The van der Waals surface area contributed by atoms with E-state index in [2.05, 4.69) is 5.32 Å². The lowest BCUT2D eigenvalue weighted by atomic mass is 9.84. The number of carboxylic acids is 1. The zero-order valence-electron chi connectivity index (χ0n) is 13.9. The number of aliphatic carboxylic acids is 1. The Morgan fingerprint density at radius 1 is 1.27 bits per heavy atom. The van der Waals surface area contributed by atoms with Crippen molar-refractivity contribution in [3.63, 3.8) is 0 Å². The maximum atomic E-state index is 11.9. The minimum Gasteiger partial charge on any atom is -0.481 e. The highest BCUT2D eigenvalue weighted by atomic mass is 16.6. The molecule has 0 heterocycles. The molecule has 0 unspecified atom stereocenters. The van der Waals surface area contributed by atoms with Gasteiger partial charge in [0, 0.05) is 0 Å². The van der Waals surface area contributed by atoms with Crippen LogP contribution < -0.4 is 5.32 Å². The summed E-state index contributed by atoms with van der Waals surface area (Å²) in [6, 6.07) is -0.169. The largest absolute Gasteiger partial charge is 0.481 e. The third-order valence-corrected chi connectivity index (χ3v) is 3.68. The van der Waals surface area contributed by atoms with Crippen molar-refractivity contribution in [2.75, 3.05) is 0 Å². The lowest BCUT2D eigenvalue weighted by Crippen LogP contribution is -2.39. The van der Waals surface area contributed by atoms with Crippen molar-refractivity contribution < 1.29 is 19.4 Å². The topological polar surface area (TPSA) is 75.6 Å². The summed E-state index contributed by atoms with van der Waals surface area (Å²) >= 11 is 0. The molecule has 0 aromatic carbocycles. The summed E-state index contributed by atoms with van der Waals surface area (Å²) in [6.07, 6.45) is 9.87. The first kappa shape index (κ1) is 18.5.